The van der Waals surface area contributed by atoms with Crippen molar-refractivity contribution in [3.8, 4) is 0 Å². The summed E-state index contributed by atoms with van der Waals surface area (Å²) in [5.74, 6) is 0.0963. The SMILES string of the molecule is CCCC(CCC)C(=O)NCC(O)(c1ccsc1)c1cccs1. The first-order valence-electron chi connectivity index (χ1n) is 8.18. The van der Waals surface area contributed by atoms with Gasteiger partial charge in [0.1, 0.15) is 5.60 Å². The van der Waals surface area contributed by atoms with Gasteiger partial charge in [-0.2, -0.15) is 11.3 Å². The van der Waals surface area contributed by atoms with E-state index in [0.717, 1.165) is 36.1 Å². The van der Waals surface area contributed by atoms with Gasteiger partial charge in [-0.15, -0.1) is 11.3 Å². The summed E-state index contributed by atoms with van der Waals surface area (Å²) in [4.78, 5) is 13.4. The maximum Gasteiger partial charge on any atom is 0.223 e. The number of carbonyl (C=O) groups is 1. The average Bonchev–Trinajstić information content (AvgIpc) is 3.25. The Morgan fingerprint density at radius 1 is 1.26 bits per heavy atom. The maximum absolute atomic E-state index is 12.5. The predicted octanol–water partition coefficient (Wildman–Crippen LogP) is 4.38. The van der Waals surface area contributed by atoms with Gasteiger partial charge in [-0.3, -0.25) is 4.79 Å². The molecule has 3 nitrogen and oxygen atoms in total. The highest BCUT2D eigenvalue weighted by atomic mass is 32.1. The molecule has 2 heterocycles. The van der Waals surface area contributed by atoms with E-state index in [2.05, 4.69) is 19.2 Å². The van der Waals surface area contributed by atoms with Crippen LogP contribution in [0, 0.1) is 5.92 Å². The summed E-state index contributed by atoms with van der Waals surface area (Å²) in [6.45, 7) is 4.42. The highest BCUT2D eigenvalue weighted by molar-refractivity contribution is 7.10. The number of hydrogen-bond acceptors (Lipinski definition) is 4. The van der Waals surface area contributed by atoms with Gasteiger partial charge >= 0.3 is 0 Å². The number of hydrogen-bond donors (Lipinski definition) is 2. The van der Waals surface area contributed by atoms with Gasteiger partial charge in [-0.05, 0) is 41.1 Å². The Morgan fingerprint density at radius 3 is 2.52 bits per heavy atom. The molecule has 1 unspecified atom stereocenters. The third-order valence-corrected chi connectivity index (χ3v) is 5.80. The third kappa shape index (κ3) is 4.43. The van der Waals surface area contributed by atoms with Crippen LogP contribution in [0.3, 0.4) is 0 Å². The number of nitrogens with one attached hydrogen (secondary N) is 1. The first-order chi connectivity index (χ1) is 11.1. The molecule has 2 N–H and O–H groups in total. The highest BCUT2D eigenvalue weighted by Gasteiger charge is 2.34. The highest BCUT2D eigenvalue weighted by Crippen LogP contribution is 2.33. The molecule has 0 bridgehead atoms. The van der Waals surface area contributed by atoms with Crippen molar-refractivity contribution in [2.24, 2.45) is 5.92 Å². The molecule has 0 radical (unpaired) electrons. The number of amides is 1. The Morgan fingerprint density at radius 2 is 2.00 bits per heavy atom. The Hall–Kier alpha value is -1.17. The van der Waals surface area contributed by atoms with Crippen molar-refractivity contribution in [1.82, 2.24) is 5.32 Å². The van der Waals surface area contributed by atoms with Gasteiger partial charge in [0.05, 0.1) is 6.54 Å². The maximum atomic E-state index is 12.5. The van der Waals surface area contributed by atoms with Gasteiger partial charge < -0.3 is 10.4 Å². The van der Waals surface area contributed by atoms with Crippen molar-refractivity contribution in [2.75, 3.05) is 6.54 Å². The molecule has 126 valence electrons. The molecule has 0 aliphatic carbocycles. The molecule has 0 saturated carbocycles. The zero-order valence-electron chi connectivity index (χ0n) is 13.7. The van der Waals surface area contributed by atoms with E-state index in [1.165, 1.54) is 11.3 Å². The molecule has 0 aliphatic rings. The Balaban J connectivity index is 2.12. The standard InChI is InChI=1S/C18H25NO2S2/c1-3-6-14(7-4-2)17(20)19-13-18(21,15-9-11-22-12-15)16-8-5-10-23-16/h5,8-12,14,21H,3-4,6-7,13H2,1-2H3,(H,19,20). The van der Waals surface area contributed by atoms with Crippen molar-refractivity contribution < 1.29 is 9.90 Å². The van der Waals surface area contributed by atoms with Gasteiger partial charge in [0.25, 0.3) is 0 Å². The van der Waals surface area contributed by atoms with Crippen LogP contribution in [-0.2, 0) is 10.4 Å². The zero-order valence-corrected chi connectivity index (χ0v) is 15.4. The van der Waals surface area contributed by atoms with Crippen molar-refractivity contribution in [3.05, 3.63) is 44.8 Å². The largest absolute Gasteiger partial charge is 0.378 e. The topological polar surface area (TPSA) is 49.3 Å². The Labute approximate surface area is 146 Å². The summed E-state index contributed by atoms with van der Waals surface area (Å²) in [6.07, 6.45) is 3.79. The fourth-order valence-corrected chi connectivity index (χ4v) is 4.38. The second-order valence-corrected chi connectivity index (χ2v) is 7.57. The van der Waals surface area contributed by atoms with Crippen LogP contribution in [0.2, 0.25) is 0 Å². The van der Waals surface area contributed by atoms with Crippen LogP contribution in [0.1, 0.15) is 50.0 Å². The monoisotopic (exact) mass is 351 g/mol. The van der Waals surface area contributed by atoms with Crippen molar-refractivity contribution >= 4 is 28.6 Å². The fraction of sp³-hybridized carbons (Fsp3) is 0.500. The molecule has 5 heteroatoms. The molecule has 1 amide bonds. The molecule has 0 fully saturated rings. The minimum absolute atomic E-state index is 0.0417. The summed E-state index contributed by atoms with van der Waals surface area (Å²) < 4.78 is 0. The number of rotatable bonds is 9. The molecule has 2 rings (SSSR count). The van der Waals surface area contributed by atoms with Crippen LogP contribution >= 0.6 is 22.7 Å². The minimum Gasteiger partial charge on any atom is -0.378 e. The van der Waals surface area contributed by atoms with Crippen LogP contribution in [0.15, 0.2) is 34.3 Å². The van der Waals surface area contributed by atoms with Crippen LogP contribution in [0.4, 0.5) is 0 Å². The van der Waals surface area contributed by atoms with E-state index in [4.69, 9.17) is 0 Å². The summed E-state index contributed by atoms with van der Waals surface area (Å²) in [6, 6.07) is 5.77. The molecular weight excluding hydrogens is 326 g/mol. The quantitative estimate of drug-likeness (QED) is 0.704. The van der Waals surface area contributed by atoms with E-state index in [9.17, 15) is 9.90 Å². The lowest BCUT2D eigenvalue weighted by Crippen LogP contribution is -2.43. The second kappa shape index (κ2) is 8.62. The molecule has 2 aromatic heterocycles. The van der Waals surface area contributed by atoms with Gasteiger partial charge in [0.2, 0.25) is 5.91 Å². The fourth-order valence-electron chi connectivity index (χ4n) is 2.81. The van der Waals surface area contributed by atoms with Crippen LogP contribution in [-0.4, -0.2) is 17.6 Å². The first kappa shape index (κ1) is 18.2. The van der Waals surface area contributed by atoms with Crippen LogP contribution in [0.5, 0.6) is 0 Å². The summed E-state index contributed by atoms with van der Waals surface area (Å²) in [5.41, 5.74) is -0.305. The lowest BCUT2D eigenvalue weighted by Gasteiger charge is -2.28. The first-order valence-corrected chi connectivity index (χ1v) is 10.0. The van der Waals surface area contributed by atoms with E-state index < -0.39 is 5.60 Å². The molecule has 1 atom stereocenters. The second-order valence-electron chi connectivity index (χ2n) is 5.84. The van der Waals surface area contributed by atoms with Gasteiger partial charge in [0.15, 0.2) is 0 Å². The summed E-state index contributed by atoms with van der Waals surface area (Å²) in [5, 5.41) is 20.1. The molecule has 23 heavy (non-hydrogen) atoms. The zero-order chi connectivity index (χ0) is 16.7. The lowest BCUT2D eigenvalue weighted by atomic mass is 9.93. The van der Waals surface area contributed by atoms with Gasteiger partial charge in [-0.1, -0.05) is 32.8 Å². The summed E-state index contributed by atoms with van der Waals surface area (Å²) in [7, 11) is 0. The number of thiophene rings is 2. The Bertz CT molecular complexity index is 538. The number of carbonyl (C=O) groups excluding carboxylic acids is 1. The van der Waals surface area contributed by atoms with Crippen LogP contribution in [0.25, 0.3) is 0 Å². The van der Waals surface area contributed by atoms with Crippen LogP contribution < -0.4 is 5.32 Å². The van der Waals surface area contributed by atoms with Gasteiger partial charge in [-0.25, -0.2) is 0 Å². The van der Waals surface area contributed by atoms with E-state index in [0.29, 0.717) is 0 Å². The van der Waals surface area contributed by atoms with E-state index in [1.54, 1.807) is 11.3 Å². The molecule has 0 saturated heterocycles. The van der Waals surface area contributed by atoms with Crippen molar-refractivity contribution in [3.63, 3.8) is 0 Å². The van der Waals surface area contributed by atoms with E-state index in [1.807, 2.05) is 34.3 Å². The average molecular weight is 352 g/mol. The van der Waals surface area contributed by atoms with Crippen molar-refractivity contribution in [1.29, 1.82) is 0 Å². The Kier molecular flexibility index (Phi) is 6.81. The van der Waals surface area contributed by atoms with Gasteiger partial charge in [0, 0.05) is 16.4 Å². The lowest BCUT2D eigenvalue weighted by molar-refractivity contribution is -0.126. The predicted molar refractivity (Wildman–Crippen MR) is 98.0 cm³/mol. The normalized spacial score (nSPS) is 13.9. The molecule has 0 spiro atoms. The number of aliphatic hydroxyl groups is 1. The van der Waals surface area contributed by atoms with E-state index >= 15 is 0 Å². The smallest absolute Gasteiger partial charge is 0.223 e. The molecule has 2 aromatic rings. The third-order valence-electron chi connectivity index (χ3n) is 4.09. The van der Waals surface area contributed by atoms with Crippen molar-refractivity contribution in [2.45, 2.75) is 45.1 Å². The molecule has 0 aromatic carbocycles. The molecule has 0 aliphatic heterocycles. The minimum atomic E-state index is -1.15. The molecular formula is C18H25NO2S2. The summed E-state index contributed by atoms with van der Waals surface area (Å²) >= 11 is 3.06. The van der Waals surface area contributed by atoms with E-state index in [-0.39, 0.29) is 18.4 Å².